The average molecular weight is 338 g/mol. The van der Waals surface area contributed by atoms with Crippen molar-refractivity contribution in [2.24, 2.45) is 5.73 Å². The number of primary amides is 1. The standard InChI is InChI=1S/C18H18N4O3/c1-11(18-21-14-7-2-3-8-15(14)22-18)20-16(23)10-25-13-6-4-5-12(9-13)17(19)24/h2-9,11H,10H2,1H3,(H2,19,24)(H,20,23)(H,21,22). The molecule has 0 spiro atoms. The third kappa shape index (κ3) is 3.95. The lowest BCUT2D eigenvalue weighted by Gasteiger charge is -2.12. The minimum atomic E-state index is -0.548. The number of carbonyl (C=O) groups is 2. The Hall–Kier alpha value is -3.35. The molecule has 0 aliphatic rings. The Morgan fingerprint density at radius 1 is 1.24 bits per heavy atom. The van der Waals surface area contributed by atoms with Crippen LogP contribution in [0.3, 0.4) is 0 Å². The number of imidazole rings is 1. The van der Waals surface area contributed by atoms with Crippen LogP contribution in [-0.4, -0.2) is 28.4 Å². The predicted molar refractivity (Wildman–Crippen MR) is 93.1 cm³/mol. The molecule has 3 rings (SSSR count). The Bertz CT molecular complexity index is 886. The Morgan fingerprint density at radius 3 is 2.80 bits per heavy atom. The summed E-state index contributed by atoms with van der Waals surface area (Å²) in [6.45, 7) is 1.66. The van der Waals surface area contributed by atoms with Gasteiger partial charge in [0.15, 0.2) is 6.61 Å². The van der Waals surface area contributed by atoms with E-state index in [0.29, 0.717) is 17.1 Å². The van der Waals surface area contributed by atoms with Gasteiger partial charge in [0.1, 0.15) is 11.6 Å². The van der Waals surface area contributed by atoms with Crippen molar-refractivity contribution in [1.29, 1.82) is 0 Å². The molecule has 7 heteroatoms. The minimum Gasteiger partial charge on any atom is -0.484 e. The Labute approximate surface area is 144 Å². The maximum atomic E-state index is 12.1. The second-order valence-electron chi connectivity index (χ2n) is 5.61. The maximum absolute atomic E-state index is 12.1. The highest BCUT2D eigenvalue weighted by atomic mass is 16.5. The number of amides is 2. The highest BCUT2D eigenvalue weighted by molar-refractivity contribution is 5.93. The highest BCUT2D eigenvalue weighted by Gasteiger charge is 2.14. The zero-order valence-electron chi connectivity index (χ0n) is 13.7. The number of fused-ring (bicyclic) bond motifs is 1. The zero-order valence-corrected chi connectivity index (χ0v) is 13.7. The van der Waals surface area contributed by atoms with Gasteiger partial charge in [0.05, 0.1) is 17.1 Å². The fourth-order valence-corrected chi connectivity index (χ4v) is 2.42. The quantitative estimate of drug-likeness (QED) is 0.637. The van der Waals surface area contributed by atoms with Gasteiger partial charge in [-0.05, 0) is 37.3 Å². The van der Waals surface area contributed by atoms with E-state index in [-0.39, 0.29) is 18.6 Å². The number of aromatic amines is 1. The van der Waals surface area contributed by atoms with Gasteiger partial charge in [-0.2, -0.15) is 0 Å². The fourth-order valence-electron chi connectivity index (χ4n) is 2.42. The van der Waals surface area contributed by atoms with Crippen LogP contribution in [0.5, 0.6) is 5.75 Å². The molecular weight excluding hydrogens is 320 g/mol. The number of benzene rings is 2. The summed E-state index contributed by atoms with van der Waals surface area (Å²) in [5.41, 5.74) is 7.30. The molecule has 3 aromatic rings. The van der Waals surface area contributed by atoms with E-state index in [2.05, 4.69) is 15.3 Å². The van der Waals surface area contributed by atoms with Gasteiger partial charge >= 0.3 is 0 Å². The van der Waals surface area contributed by atoms with Gasteiger partial charge in [-0.1, -0.05) is 18.2 Å². The van der Waals surface area contributed by atoms with Gasteiger partial charge in [0.25, 0.3) is 5.91 Å². The summed E-state index contributed by atoms with van der Waals surface area (Å²) in [5, 5.41) is 2.82. The molecule has 0 saturated heterocycles. The molecule has 128 valence electrons. The number of nitrogens with two attached hydrogens (primary N) is 1. The number of para-hydroxylation sites is 2. The fraction of sp³-hybridized carbons (Fsp3) is 0.167. The van der Waals surface area contributed by atoms with Crippen LogP contribution in [0.4, 0.5) is 0 Å². The number of hydrogen-bond donors (Lipinski definition) is 3. The van der Waals surface area contributed by atoms with Gasteiger partial charge in [-0.3, -0.25) is 9.59 Å². The van der Waals surface area contributed by atoms with Gasteiger partial charge in [-0.15, -0.1) is 0 Å². The van der Waals surface area contributed by atoms with Crippen molar-refractivity contribution >= 4 is 22.8 Å². The molecule has 0 radical (unpaired) electrons. The number of aromatic nitrogens is 2. The normalized spacial score (nSPS) is 11.9. The number of carbonyl (C=O) groups excluding carboxylic acids is 2. The summed E-state index contributed by atoms with van der Waals surface area (Å²) in [4.78, 5) is 30.8. The smallest absolute Gasteiger partial charge is 0.258 e. The largest absolute Gasteiger partial charge is 0.484 e. The van der Waals surface area contributed by atoms with E-state index in [0.717, 1.165) is 11.0 Å². The van der Waals surface area contributed by atoms with Crippen LogP contribution in [0.25, 0.3) is 11.0 Å². The predicted octanol–water partition coefficient (Wildman–Crippen LogP) is 1.92. The lowest BCUT2D eigenvalue weighted by Crippen LogP contribution is -2.31. The summed E-state index contributed by atoms with van der Waals surface area (Å²) in [6, 6.07) is 13.7. The third-order valence-corrected chi connectivity index (χ3v) is 3.68. The summed E-state index contributed by atoms with van der Waals surface area (Å²) >= 11 is 0. The molecule has 25 heavy (non-hydrogen) atoms. The van der Waals surface area contributed by atoms with Crippen LogP contribution in [0, 0.1) is 0 Å². The van der Waals surface area contributed by atoms with Crippen molar-refractivity contribution in [3.63, 3.8) is 0 Å². The summed E-state index contributed by atoms with van der Waals surface area (Å²) in [7, 11) is 0. The Kier molecular flexibility index (Phi) is 4.65. The van der Waals surface area contributed by atoms with Crippen LogP contribution in [0.1, 0.15) is 29.1 Å². The Morgan fingerprint density at radius 2 is 2.04 bits per heavy atom. The van der Waals surface area contributed by atoms with Crippen molar-refractivity contribution in [3.8, 4) is 5.75 Å². The van der Waals surface area contributed by atoms with E-state index in [1.54, 1.807) is 18.2 Å². The molecule has 1 aromatic heterocycles. The van der Waals surface area contributed by atoms with Crippen LogP contribution in [0.15, 0.2) is 48.5 Å². The number of ether oxygens (including phenoxy) is 1. The van der Waals surface area contributed by atoms with Crippen molar-refractivity contribution in [2.45, 2.75) is 13.0 Å². The number of nitrogens with zero attached hydrogens (tertiary/aromatic N) is 1. The van der Waals surface area contributed by atoms with E-state index < -0.39 is 5.91 Å². The molecule has 1 heterocycles. The monoisotopic (exact) mass is 338 g/mol. The summed E-state index contributed by atoms with van der Waals surface area (Å²) in [5.74, 6) is 0.235. The number of nitrogens with one attached hydrogen (secondary N) is 2. The SMILES string of the molecule is CC(NC(=O)COc1cccc(C(N)=O)c1)c1nc2ccccc2[nH]1. The number of hydrogen-bond acceptors (Lipinski definition) is 4. The zero-order chi connectivity index (χ0) is 17.8. The summed E-state index contributed by atoms with van der Waals surface area (Å²) in [6.07, 6.45) is 0. The van der Waals surface area contributed by atoms with Gasteiger partial charge in [-0.25, -0.2) is 4.98 Å². The average Bonchev–Trinajstić information content (AvgIpc) is 3.04. The molecule has 0 saturated carbocycles. The molecule has 2 amide bonds. The molecule has 7 nitrogen and oxygen atoms in total. The number of rotatable bonds is 6. The highest BCUT2D eigenvalue weighted by Crippen LogP contribution is 2.16. The third-order valence-electron chi connectivity index (χ3n) is 3.68. The summed E-state index contributed by atoms with van der Waals surface area (Å²) < 4.78 is 5.40. The van der Waals surface area contributed by atoms with Crippen LogP contribution < -0.4 is 15.8 Å². The van der Waals surface area contributed by atoms with E-state index in [1.807, 2.05) is 31.2 Å². The van der Waals surface area contributed by atoms with Crippen LogP contribution >= 0.6 is 0 Å². The van der Waals surface area contributed by atoms with E-state index >= 15 is 0 Å². The maximum Gasteiger partial charge on any atom is 0.258 e. The van der Waals surface area contributed by atoms with Crippen molar-refractivity contribution in [3.05, 3.63) is 59.9 Å². The van der Waals surface area contributed by atoms with Crippen molar-refractivity contribution in [2.75, 3.05) is 6.61 Å². The van der Waals surface area contributed by atoms with Crippen molar-refractivity contribution < 1.29 is 14.3 Å². The molecule has 1 atom stereocenters. The molecular formula is C18H18N4O3. The first-order valence-corrected chi connectivity index (χ1v) is 7.79. The molecule has 1 unspecified atom stereocenters. The van der Waals surface area contributed by atoms with Crippen molar-refractivity contribution in [1.82, 2.24) is 15.3 Å². The topological polar surface area (TPSA) is 110 Å². The number of H-pyrrole nitrogens is 1. The molecule has 4 N–H and O–H groups in total. The van der Waals surface area contributed by atoms with Crippen LogP contribution in [0.2, 0.25) is 0 Å². The molecule has 0 bridgehead atoms. The van der Waals surface area contributed by atoms with Gasteiger partial charge < -0.3 is 20.8 Å². The first-order chi connectivity index (χ1) is 12.0. The second kappa shape index (κ2) is 7.04. The van der Waals surface area contributed by atoms with Gasteiger partial charge in [0, 0.05) is 5.56 Å². The molecule has 0 fully saturated rings. The Balaban J connectivity index is 1.58. The molecule has 0 aliphatic heterocycles. The van der Waals surface area contributed by atoms with Crippen LogP contribution in [-0.2, 0) is 4.79 Å². The lowest BCUT2D eigenvalue weighted by atomic mass is 10.2. The van der Waals surface area contributed by atoms with E-state index in [1.165, 1.54) is 6.07 Å². The van der Waals surface area contributed by atoms with Gasteiger partial charge in [0.2, 0.25) is 5.91 Å². The first-order valence-electron chi connectivity index (χ1n) is 7.79. The minimum absolute atomic E-state index is 0.174. The van der Waals surface area contributed by atoms with E-state index in [9.17, 15) is 9.59 Å². The molecule has 2 aromatic carbocycles. The first kappa shape index (κ1) is 16.5. The lowest BCUT2D eigenvalue weighted by molar-refractivity contribution is -0.123. The second-order valence-corrected chi connectivity index (χ2v) is 5.61. The molecule has 0 aliphatic carbocycles. The van der Waals surface area contributed by atoms with E-state index in [4.69, 9.17) is 10.5 Å².